The van der Waals surface area contributed by atoms with Crippen LogP contribution in [0.25, 0.3) is 0 Å². The van der Waals surface area contributed by atoms with Gasteiger partial charge in [-0.15, -0.1) is 11.8 Å². The van der Waals surface area contributed by atoms with Crippen LogP contribution < -0.4 is 0 Å². The van der Waals surface area contributed by atoms with Gasteiger partial charge in [0.2, 0.25) is 5.91 Å². The Kier molecular flexibility index (Phi) is 5.73. The lowest BCUT2D eigenvalue weighted by Gasteiger charge is -2.30. The van der Waals surface area contributed by atoms with Crippen molar-refractivity contribution in [3.05, 3.63) is 30.3 Å². The molecular weight excluding hydrogens is 258 g/mol. The van der Waals surface area contributed by atoms with Crippen molar-refractivity contribution in [3.63, 3.8) is 0 Å². The summed E-state index contributed by atoms with van der Waals surface area (Å²) < 4.78 is 0. The molecule has 1 saturated heterocycles. The SMILES string of the molecule is O=C(CCCSc1ccccc1)N1CCCC(O)C1. The third-order valence-corrected chi connectivity index (χ3v) is 4.39. The lowest BCUT2D eigenvalue weighted by Crippen LogP contribution is -2.42. The molecule has 1 amide bonds. The van der Waals surface area contributed by atoms with Crippen LogP contribution in [-0.4, -0.2) is 40.9 Å². The van der Waals surface area contributed by atoms with Gasteiger partial charge in [0.1, 0.15) is 0 Å². The quantitative estimate of drug-likeness (QED) is 0.665. The lowest BCUT2D eigenvalue weighted by atomic mass is 10.1. The van der Waals surface area contributed by atoms with Crippen LogP contribution in [-0.2, 0) is 4.79 Å². The maximum atomic E-state index is 12.0. The minimum absolute atomic E-state index is 0.187. The summed E-state index contributed by atoms with van der Waals surface area (Å²) >= 11 is 1.79. The lowest BCUT2D eigenvalue weighted by molar-refractivity contribution is -0.134. The number of aliphatic hydroxyl groups excluding tert-OH is 1. The van der Waals surface area contributed by atoms with Crippen molar-refractivity contribution in [2.24, 2.45) is 0 Å². The molecule has 1 unspecified atom stereocenters. The number of benzene rings is 1. The maximum absolute atomic E-state index is 12.0. The molecule has 19 heavy (non-hydrogen) atoms. The number of hydrogen-bond donors (Lipinski definition) is 1. The summed E-state index contributed by atoms with van der Waals surface area (Å²) in [5.41, 5.74) is 0. The first-order valence-electron chi connectivity index (χ1n) is 6.89. The Labute approximate surface area is 119 Å². The van der Waals surface area contributed by atoms with Crippen LogP contribution in [0.1, 0.15) is 25.7 Å². The van der Waals surface area contributed by atoms with E-state index in [0.29, 0.717) is 13.0 Å². The van der Waals surface area contributed by atoms with E-state index in [1.54, 1.807) is 16.7 Å². The van der Waals surface area contributed by atoms with Crippen LogP contribution in [0.5, 0.6) is 0 Å². The van der Waals surface area contributed by atoms with E-state index in [4.69, 9.17) is 0 Å². The third kappa shape index (κ3) is 4.88. The molecule has 0 saturated carbocycles. The van der Waals surface area contributed by atoms with E-state index in [1.807, 2.05) is 18.2 Å². The number of carbonyl (C=O) groups excluding carboxylic acids is 1. The number of thioether (sulfide) groups is 1. The highest BCUT2D eigenvalue weighted by Crippen LogP contribution is 2.19. The molecule has 1 aliphatic rings. The molecule has 0 radical (unpaired) electrons. The molecule has 4 heteroatoms. The van der Waals surface area contributed by atoms with Crippen molar-refractivity contribution < 1.29 is 9.90 Å². The van der Waals surface area contributed by atoms with Crippen molar-refractivity contribution in [2.75, 3.05) is 18.8 Å². The van der Waals surface area contributed by atoms with E-state index in [1.165, 1.54) is 4.90 Å². The summed E-state index contributed by atoms with van der Waals surface area (Å²) in [6.07, 6.45) is 2.91. The molecular formula is C15H21NO2S. The summed E-state index contributed by atoms with van der Waals surface area (Å²) in [6.45, 7) is 1.33. The van der Waals surface area contributed by atoms with Gasteiger partial charge in [-0.05, 0) is 37.1 Å². The molecule has 1 fully saturated rings. The van der Waals surface area contributed by atoms with Crippen molar-refractivity contribution in [3.8, 4) is 0 Å². The molecule has 1 aromatic rings. The van der Waals surface area contributed by atoms with Gasteiger partial charge < -0.3 is 10.0 Å². The zero-order valence-electron chi connectivity index (χ0n) is 11.1. The number of rotatable bonds is 5. The van der Waals surface area contributed by atoms with Crippen molar-refractivity contribution in [1.82, 2.24) is 4.90 Å². The summed E-state index contributed by atoms with van der Waals surface area (Å²) in [7, 11) is 0. The first-order valence-corrected chi connectivity index (χ1v) is 7.88. The Bertz CT molecular complexity index is 396. The monoisotopic (exact) mass is 279 g/mol. The number of hydrogen-bond acceptors (Lipinski definition) is 3. The fourth-order valence-corrected chi connectivity index (χ4v) is 3.14. The zero-order chi connectivity index (χ0) is 13.5. The molecule has 0 aliphatic carbocycles. The highest BCUT2D eigenvalue weighted by Gasteiger charge is 2.21. The second-order valence-corrected chi connectivity index (χ2v) is 6.07. The molecule has 1 atom stereocenters. The van der Waals surface area contributed by atoms with E-state index in [2.05, 4.69) is 12.1 Å². The number of likely N-dealkylation sites (tertiary alicyclic amines) is 1. The van der Waals surface area contributed by atoms with Crippen LogP contribution in [0.2, 0.25) is 0 Å². The predicted molar refractivity (Wildman–Crippen MR) is 78.2 cm³/mol. The average molecular weight is 279 g/mol. The van der Waals surface area contributed by atoms with Crippen LogP contribution in [0, 0.1) is 0 Å². The van der Waals surface area contributed by atoms with Gasteiger partial charge in [0.05, 0.1) is 6.10 Å². The minimum atomic E-state index is -0.323. The molecule has 1 aliphatic heterocycles. The summed E-state index contributed by atoms with van der Waals surface area (Å²) in [5.74, 6) is 1.15. The summed E-state index contributed by atoms with van der Waals surface area (Å²) in [6, 6.07) is 10.3. The fourth-order valence-electron chi connectivity index (χ4n) is 2.27. The van der Waals surface area contributed by atoms with Gasteiger partial charge in [-0.2, -0.15) is 0 Å². The van der Waals surface area contributed by atoms with Crippen LogP contribution in [0.3, 0.4) is 0 Å². The van der Waals surface area contributed by atoms with Gasteiger partial charge in [0, 0.05) is 24.4 Å². The van der Waals surface area contributed by atoms with E-state index >= 15 is 0 Å². The van der Waals surface area contributed by atoms with Gasteiger partial charge in [-0.1, -0.05) is 18.2 Å². The van der Waals surface area contributed by atoms with Gasteiger partial charge in [-0.25, -0.2) is 0 Å². The average Bonchev–Trinajstić information content (AvgIpc) is 2.44. The van der Waals surface area contributed by atoms with Crippen LogP contribution >= 0.6 is 11.8 Å². The van der Waals surface area contributed by atoms with Gasteiger partial charge in [-0.3, -0.25) is 4.79 Å². The number of amides is 1. The summed E-state index contributed by atoms with van der Waals surface area (Å²) in [5, 5.41) is 9.55. The maximum Gasteiger partial charge on any atom is 0.222 e. The fraction of sp³-hybridized carbons (Fsp3) is 0.533. The predicted octanol–water partition coefficient (Wildman–Crippen LogP) is 2.54. The number of aliphatic hydroxyl groups is 1. The van der Waals surface area contributed by atoms with E-state index in [9.17, 15) is 9.90 Å². The highest BCUT2D eigenvalue weighted by atomic mass is 32.2. The Morgan fingerprint density at radius 2 is 2.16 bits per heavy atom. The molecule has 0 bridgehead atoms. The van der Waals surface area contributed by atoms with E-state index < -0.39 is 0 Å². The van der Waals surface area contributed by atoms with Crippen LogP contribution in [0.4, 0.5) is 0 Å². The Morgan fingerprint density at radius 3 is 2.89 bits per heavy atom. The number of nitrogens with zero attached hydrogens (tertiary/aromatic N) is 1. The van der Waals surface area contributed by atoms with Gasteiger partial charge >= 0.3 is 0 Å². The van der Waals surface area contributed by atoms with Crippen molar-refractivity contribution in [2.45, 2.75) is 36.7 Å². The van der Waals surface area contributed by atoms with Crippen molar-refractivity contribution in [1.29, 1.82) is 0 Å². The molecule has 1 N–H and O–H groups in total. The topological polar surface area (TPSA) is 40.5 Å². The molecule has 104 valence electrons. The number of piperidine rings is 1. The van der Waals surface area contributed by atoms with Gasteiger partial charge in [0.15, 0.2) is 0 Å². The molecule has 3 nitrogen and oxygen atoms in total. The number of carbonyl (C=O) groups is 1. The minimum Gasteiger partial charge on any atom is -0.391 e. The second kappa shape index (κ2) is 7.56. The first-order chi connectivity index (χ1) is 9.25. The molecule has 2 rings (SSSR count). The smallest absolute Gasteiger partial charge is 0.222 e. The Morgan fingerprint density at radius 1 is 1.37 bits per heavy atom. The van der Waals surface area contributed by atoms with Crippen LogP contribution in [0.15, 0.2) is 35.2 Å². The third-order valence-electron chi connectivity index (χ3n) is 3.30. The standard InChI is InChI=1S/C15H21NO2S/c17-13-6-4-10-16(12-13)15(18)9-5-11-19-14-7-2-1-3-8-14/h1-3,7-8,13,17H,4-6,9-12H2. The Balaban J connectivity index is 1.64. The molecule has 1 heterocycles. The molecule has 0 aromatic heterocycles. The Hall–Kier alpha value is -1.00. The second-order valence-electron chi connectivity index (χ2n) is 4.90. The zero-order valence-corrected chi connectivity index (χ0v) is 11.9. The molecule has 0 spiro atoms. The van der Waals surface area contributed by atoms with E-state index in [-0.39, 0.29) is 12.0 Å². The number of β-amino-alcohol motifs (C(OH)–C–C–N with tert-alkyl or cyclic N) is 1. The van der Waals surface area contributed by atoms with Gasteiger partial charge in [0.25, 0.3) is 0 Å². The van der Waals surface area contributed by atoms with E-state index in [0.717, 1.165) is 31.6 Å². The first kappa shape index (κ1) is 14.4. The molecule has 1 aromatic carbocycles. The normalized spacial score (nSPS) is 19.4. The summed E-state index contributed by atoms with van der Waals surface area (Å²) in [4.78, 5) is 15.0. The largest absolute Gasteiger partial charge is 0.391 e. The highest BCUT2D eigenvalue weighted by molar-refractivity contribution is 7.99. The van der Waals surface area contributed by atoms with Crippen molar-refractivity contribution >= 4 is 17.7 Å².